The van der Waals surface area contributed by atoms with Gasteiger partial charge in [-0.05, 0) is 49.1 Å². The Hall–Kier alpha value is -2.67. The number of hydrogen-bond donors (Lipinski definition) is 1. The lowest BCUT2D eigenvalue weighted by molar-refractivity contribution is -0.116. The SMILES string of the molecule is CC(=O)N1CCc2cc(NC(=O)c3cc4c(C)nn(CC(C)C)c4s3)ccc21. The van der Waals surface area contributed by atoms with Crippen molar-refractivity contribution in [1.29, 1.82) is 0 Å². The van der Waals surface area contributed by atoms with Crippen LogP contribution < -0.4 is 10.2 Å². The minimum atomic E-state index is -0.113. The number of hydrogen-bond acceptors (Lipinski definition) is 4. The number of nitrogens with zero attached hydrogens (tertiary/aromatic N) is 3. The molecule has 7 heteroatoms. The summed E-state index contributed by atoms with van der Waals surface area (Å²) in [6.45, 7) is 9.41. The molecule has 1 N–H and O–H groups in total. The van der Waals surface area contributed by atoms with E-state index in [4.69, 9.17) is 0 Å². The van der Waals surface area contributed by atoms with Crippen molar-refractivity contribution >= 4 is 44.7 Å². The molecular formula is C21H24N4O2S. The molecule has 1 aromatic carbocycles. The van der Waals surface area contributed by atoms with Crippen molar-refractivity contribution in [1.82, 2.24) is 9.78 Å². The van der Waals surface area contributed by atoms with E-state index < -0.39 is 0 Å². The Morgan fingerprint density at radius 1 is 1.29 bits per heavy atom. The van der Waals surface area contributed by atoms with Gasteiger partial charge in [0.15, 0.2) is 0 Å². The molecule has 0 saturated heterocycles. The molecular weight excluding hydrogens is 372 g/mol. The standard InChI is InChI=1S/C21H24N4O2S/c1-12(2)11-25-21-17(13(3)23-25)10-19(28-21)20(27)22-16-5-6-18-15(9-16)7-8-24(18)14(4)26/h5-6,9-10,12H,7-8,11H2,1-4H3,(H,22,27). The molecule has 6 nitrogen and oxygen atoms in total. The maximum atomic E-state index is 12.8. The molecule has 0 bridgehead atoms. The number of rotatable bonds is 4. The first-order chi connectivity index (χ1) is 13.3. The van der Waals surface area contributed by atoms with E-state index in [0.717, 1.165) is 45.8 Å². The zero-order valence-corrected chi connectivity index (χ0v) is 17.4. The molecule has 4 rings (SSSR count). The summed E-state index contributed by atoms with van der Waals surface area (Å²) >= 11 is 1.48. The summed E-state index contributed by atoms with van der Waals surface area (Å²) in [7, 11) is 0. The van der Waals surface area contributed by atoms with E-state index in [1.807, 2.05) is 35.9 Å². The first kappa shape index (κ1) is 18.7. The van der Waals surface area contributed by atoms with E-state index in [9.17, 15) is 9.59 Å². The van der Waals surface area contributed by atoms with Gasteiger partial charge in [0.05, 0.1) is 10.6 Å². The summed E-state index contributed by atoms with van der Waals surface area (Å²) in [5.41, 5.74) is 3.74. The van der Waals surface area contributed by atoms with Gasteiger partial charge in [-0.3, -0.25) is 14.3 Å². The van der Waals surface area contributed by atoms with Crippen LogP contribution in [0.3, 0.4) is 0 Å². The zero-order valence-electron chi connectivity index (χ0n) is 16.6. The van der Waals surface area contributed by atoms with Crippen molar-refractivity contribution in [3.8, 4) is 0 Å². The number of nitrogens with one attached hydrogen (secondary N) is 1. The summed E-state index contributed by atoms with van der Waals surface area (Å²) in [4.78, 5) is 28.0. The second-order valence-electron chi connectivity index (χ2n) is 7.71. The van der Waals surface area contributed by atoms with Crippen molar-refractivity contribution in [2.45, 2.75) is 40.7 Å². The summed E-state index contributed by atoms with van der Waals surface area (Å²) < 4.78 is 2.00. The van der Waals surface area contributed by atoms with Crippen LogP contribution in [-0.4, -0.2) is 28.1 Å². The van der Waals surface area contributed by atoms with Crippen LogP contribution in [0, 0.1) is 12.8 Å². The van der Waals surface area contributed by atoms with Gasteiger partial charge in [-0.15, -0.1) is 11.3 Å². The van der Waals surface area contributed by atoms with E-state index in [-0.39, 0.29) is 11.8 Å². The molecule has 0 fully saturated rings. The Balaban J connectivity index is 1.57. The maximum Gasteiger partial charge on any atom is 0.265 e. The topological polar surface area (TPSA) is 67.2 Å². The second kappa shape index (κ2) is 7.05. The average Bonchev–Trinajstić information content (AvgIpc) is 3.30. The van der Waals surface area contributed by atoms with Gasteiger partial charge in [-0.2, -0.15) is 5.10 Å². The first-order valence-electron chi connectivity index (χ1n) is 9.53. The first-order valence-corrected chi connectivity index (χ1v) is 10.3. The van der Waals surface area contributed by atoms with Crippen LogP contribution in [0.1, 0.15) is 41.7 Å². The van der Waals surface area contributed by atoms with E-state index in [1.165, 1.54) is 11.3 Å². The molecule has 28 heavy (non-hydrogen) atoms. The molecule has 0 atom stereocenters. The molecule has 0 unspecified atom stereocenters. The normalized spacial score (nSPS) is 13.4. The minimum absolute atomic E-state index is 0.0478. The van der Waals surface area contributed by atoms with Crippen LogP contribution in [0.5, 0.6) is 0 Å². The molecule has 0 spiro atoms. The molecule has 2 amide bonds. The van der Waals surface area contributed by atoms with Gasteiger partial charge in [-0.25, -0.2) is 0 Å². The number of carbonyl (C=O) groups is 2. The van der Waals surface area contributed by atoms with E-state index >= 15 is 0 Å². The molecule has 0 radical (unpaired) electrons. The summed E-state index contributed by atoms with van der Waals surface area (Å²) in [5.74, 6) is 0.424. The average molecular weight is 397 g/mol. The highest BCUT2D eigenvalue weighted by Gasteiger charge is 2.23. The Labute approximate surface area is 168 Å². The zero-order chi connectivity index (χ0) is 20.0. The van der Waals surface area contributed by atoms with Gasteiger partial charge in [0.2, 0.25) is 5.91 Å². The molecule has 0 aliphatic carbocycles. The number of aromatic nitrogens is 2. The van der Waals surface area contributed by atoms with Crippen LogP contribution >= 0.6 is 11.3 Å². The Bertz CT molecular complexity index is 1080. The van der Waals surface area contributed by atoms with Gasteiger partial charge in [-0.1, -0.05) is 13.8 Å². The fourth-order valence-electron chi connectivity index (χ4n) is 3.69. The molecule has 3 heterocycles. The lowest BCUT2D eigenvalue weighted by Gasteiger charge is -2.15. The van der Waals surface area contributed by atoms with E-state index in [1.54, 1.807) is 11.8 Å². The third-order valence-corrected chi connectivity index (χ3v) is 6.13. The van der Waals surface area contributed by atoms with Crippen molar-refractivity contribution in [3.05, 3.63) is 40.4 Å². The van der Waals surface area contributed by atoms with Gasteiger partial charge < -0.3 is 10.2 Å². The van der Waals surface area contributed by atoms with E-state index in [2.05, 4.69) is 24.3 Å². The quantitative estimate of drug-likeness (QED) is 0.718. The highest BCUT2D eigenvalue weighted by Crippen LogP contribution is 2.32. The van der Waals surface area contributed by atoms with Crippen molar-refractivity contribution < 1.29 is 9.59 Å². The van der Waals surface area contributed by atoms with Gasteiger partial charge in [0, 0.05) is 36.8 Å². The van der Waals surface area contributed by atoms with Crippen LogP contribution in [0.4, 0.5) is 11.4 Å². The third-order valence-electron chi connectivity index (χ3n) is 4.98. The Morgan fingerprint density at radius 2 is 2.07 bits per heavy atom. The number of benzene rings is 1. The molecule has 1 aliphatic heterocycles. The van der Waals surface area contributed by atoms with Gasteiger partial charge in [0.25, 0.3) is 5.91 Å². The summed E-state index contributed by atoms with van der Waals surface area (Å²) in [6.07, 6.45) is 0.811. The van der Waals surface area contributed by atoms with Gasteiger partial charge >= 0.3 is 0 Å². The Morgan fingerprint density at radius 3 is 2.79 bits per heavy atom. The van der Waals surface area contributed by atoms with Crippen LogP contribution in [-0.2, 0) is 17.8 Å². The second-order valence-corrected chi connectivity index (χ2v) is 8.74. The molecule has 1 aliphatic rings. The number of anilines is 2. The third kappa shape index (κ3) is 3.30. The molecule has 2 aromatic heterocycles. The van der Waals surface area contributed by atoms with Gasteiger partial charge in [0.1, 0.15) is 4.83 Å². The number of aryl methyl sites for hydroxylation is 1. The summed E-state index contributed by atoms with van der Waals surface area (Å²) in [5, 5.41) is 8.64. The van der Waals surface area contributed by atoms with Crippen LogP contribution in [0.15, 0.2) is 24.3 Å². The maximum absolute atomic E-state index is 12.8. The fraction of sp³-hybridized carbons (Fsp3) is 0.381. The molecule has 3 aromatic rings. The largest absolute Gasteiger partial charge is 0.321 e. The fourth-order valence-corrected chi connectivity index (χ4v) is 4.76. The van der Waals surface area contributed by atoms with Crippen LogP contribution in [0.25, 0.3) is 10.2 Å². The van der Waals surface area contributed by atoms with Crippen LogP contribution in [0.2, 0.25) is 0 Å². The van der Waals surface area contributed by atoms with Crippen molar-refractivity contribution in [3.63, 3.8) is 0 Å². The molecule has 0 saturated carbocycles. The highest BCUT2D eigenvalue weighted by atomic mass is 32.1. The Kier molecular flexibility index (Phi) is 4.71. The minimum Gasteiger partial charge on any atom is -0.321 e. The van der Waals surface area contributed by atoms with E-state index in [0.29, 0.717) is 17.3 Å². The van der Waals surface area contributed by atoms with Crippen molar-refractivity contribution in [2.24, 2.45) is 5.92 Å². The lowest BCUT2D eigenvalue weighted by atomic mass is 10.1. The van der Waals surface area contributed by atoms with Crippen molar-refractivity contribution in [2.75, 3.05) is 16.8 Å². The monoisotopic (exact) mass is 396 g/mol. The predicted octanol–water partition coefficient (Wildman–Crippen LogP) is 4.22. The smallest absolute Gasteiger partial charge is 0.265 e. The number of carbonyl (C=O) groups excluding carboxylic acids is 2. The summed E-state index contributed by atoms with van der Waals surface area (Å²) in [6, 6.07) is 7.67. The molecule has 146 valence electrons. The number of fused-ring (bicyclic) bond motifs is 2. The highest BCUT2D eigenvalue weighted by molar-refractivity contribution is 7.20. The lowest BCUT2D eigenvalue weighted by Crippen LogP contribution is -2.25. The number of amides is 2. The number of thiophene rings is 1. The predicted molar refractivity (Wildman–Crippen MR) is 113 cm³/mol.